The lowest BCUT2D eigenvalue weighted by atomic mass is 10.1. The summed E-state index contributed by atoms with van der Waals surface area (Å²) in [7, 11) is 1.64. The molecule has 4 heteroatoms. The van der Waals surface area contributed by atoms with Gasteiger partial charge in [-0.1, -0.05) is 0 Å². The zero-order valence-corrected chi connectivity index (χ0v) is 9.70. The molecule has 16 heavy (non-hydrogen) atoms. The SMILES string of the molecule is COc1cc(NC2CCCNCC2)ccn1. The van der Waals surface area contributed by atoms with Gasteiger partial charge in [0.25, 0.3) is 0 Å². The number of anilines is 1. The minimum Gasteiger partial charge on any atom is -0.481 e. The molecule has 0 aromatic carbocycles. The van der Waals surface area contributed by atoms with E-state index in [0.29, 0.717) is 11.9 Å². The van der Waals surface area contributed by atoms with Gasteiger partial charge in [-0.15, -0.1) is 0 Å². The predicted octanol–water partition coefficient (Wildman–Crippen LogP) is 1.64. The van der Waals surface area contributed by atoms with E-state index in [9.17, 15) is 0 Å². The van der Waals surface area contributed by atoms with Gasteiger partial charge in [0.05, 0.1) is 7.11 Å². The van der Waals surface area contributed by atoms with Crippen molar-refractivity contribution in [3.8, 4) is 5.88 Å². The second kappa shape index (κ2) is 5.70. The minimum atomic E-state index is 0.558. The van der Waals surface area contributed by atoms with Crippen LogP contribution >= 0.6 is 0 Å². The van der Waals surface area contributed by atoms with Gasteiger partial charge in [-0.3, -0.25) is 0 Å². The molecule has 1 unspecified atom stereocenters. The molecule has 2 N–H and O–H groups in total. The highest BCUT2D eigenvalue weighted by atomic mass is 16.5. The normalized spacial score (nSPS) is 21.2. The van der Waals surface area contributed by atoms with Gasteiger partial charge in [0.1, 0.15) is 0 Å². The number of methoxy groups -OCH3 is 1. The molecule has 2 rings (SSSR count). The van der Waals surface area contributed by atoms with E-state index < -0.39 is 0 Å². The molecule has 2 heterocycles. The number of ether oxygens (including phenoxy) is 1. The lowest BCUT2D eigenvalue weighted by Crippen LogP contribution is -2.21. The Morgan fingerprint density at radius 1 is 1.44 bits per heavy atom. The Bertz CT molecular complexity index is 322. The quantitative estimate of drug-likeness (QED) is 0.814. The van der Waals surface area contributed by atoms with E-state index in [1.165, 1.54) is 19.3 Å². The van der Waals surface area contributed by atoms with Crippen LogP contribution in [0.3, 0.4) is 0 Å². The van der Waals surface area contributed by atoms with E-state index in [2.05, 4.69) is 15.6 Å². The van der Waals surface area contributed by atoms with Gasteiger partial charge in [0.15, 0.2) is 0 Å². The molecule has 1 aromatic rings. The van der Waals surface area contributed by atoms with Crippen molar-refractivity contribution in [1.82, 2.24) is 10.3 Å². The third-order valence-electron chi connectivity index (χ3n) is 2.89. The number of hydrogen-bond donors (Lipinski definition) is 2. The zero-order valence-electron chi connectivity index (χ0n) is 9.70. The summed E-state index contributed by atoms with van der Waals surface area (Å²) >= 11 is 0. The number of nitrogens with zero attached hydrogens (tertiary/aromatic N) is 1. The van der Waals surface area contributed by atoms with Crippen LogP contribution in [0.4, 0.5) is 5.69 Å². The first kappa shape index (κ1) is 11.2. The molecule has 0 saturated carbocycles. The fourth-order valence-electron chi connectivity index (χ4n) is 2.01. The second-order valence-corrected chi connectivity index (χ2v) is 4.11. The summed E-state index contributed by atoms with van der Waals surface area (Å²) < 4.78 is 5.11. The van der Waals surface area contributed by atoms with Gasteiger partial charge < -0.3 is 15.4 Å². The highest BCUT2D eigenvalue weighted by Gasteiger charge is 2.11. The van der Waals surface area contributed by atoms with Crippen LogP contribution in [0.25, 0.3) is 0 Å². The van der Waals surface area contributed by atoms with Crippen molar-refractivity contribution in [2.45, 2.75) is 25.3 Å². The topological polar surface area (TPSA) is 46.2 Å². The van der Waals surface area contributed by atoms with E-state index >= 15 is 0 Å². The van der Waals surface area contributed by atoms with Gasteiger partial charge in [0, 0.05) is 24.0 Å². The van der Waals surface area contributed by atoms with Gasteiger partial charge in [-0.25, -0.2) is 4.98 Å². The lowest BCUT2D eigenvalue weighted by molar-refractivity contribution is 0.398. The lowest BCUT2D eigenvalue weighted by Gasteiger charge is -2.17. The molecule has 1 atom stereocenters. The molecule has 1 aliphatic rings. The van der Waals surface area contributed by atoms with Crippen LogP contribution in [-0.4, -0.2) is 31.2 Å². The minimum absolute atomic E-state index is 0.558. The Morgan fingerprint density at radius 3 is 3.25 bits per heavy atom. The summed E-state index contributed by atoms with van der Waals surface area (Å²) in [6, 6.07) is 4.49. The summed E-state index contributed by atoms with van der Waals surface area (Å²) in [6.45, 7) is 2.23. The maximum absolute atomic E-state index is 5.11. The number of nitrogens with one attached hydrogen (secondary N) is 2. The predicted molar refractivity (Wildman–Crippen MR) is 64.9 cm³/mol. The van der Waals surface area contributed by atoms with Crippen LogP contribution in [0.1, 0.15) is 19.3 Å². The first-order chi connectivity index (χ1) is 7.88. The smallest absolute Gasteiger partial charge is 0.214 e. The Labute approximate surface area is 96.4 Å². The second-order valence-electron chi connectivity index (χ2n) is 4.11. The average Bonchev–Trinajstić information content (AvgIpc) is 2.58. The first-order valence-electron chi connectivity index (χ1n) is 5.86. The molecule has 1 aromatic heterocycles. The van der Waals surface area contributed by atoms with Crippen molar-refractivity contribution < 1.29 is 4.74 Å². The van der Waals surface area contributed by atoms with Gasteiger partial charge in [0.2, 0.25) is 5.88 Å². The fourth-order valence-corrected chi connectivity index (χ4v) is 2.01. The Balaban J connectivity index is 1.96. The van der Waals surface area contributed by atoms with Crippen LogP contribution < -0.4 is 15.4 Å². The third-order valence-corrected chi connectivity index (χ3v) is 2.89. The van der Waals surface area contributed by atoms with E-state index in [1.807, 2.05) is 12.1 Å². The summed E-state index contributed by atoms with van der Waals surface area (Å²) in [5.74, 6) is 0.664. The molecule has 0 radical (unpaired) electrons. The van der Waals surface area contributed by atoms with E-state index in [4.69, 9.17) is 4.74 Å². The van der Waals surface area contributed by atoms with E-state index in [0.717, 1.165) is 18.8 Å². The monoisotopic (exact) mass is 221 g/mol. The molecule has 1 saturated heterocycles. The third kappa shape index (κ3) is 3.10. The van der Waals surface area contributed by atoms with Crippen molar-refractivity contribution in [2.24, 2.45) is 0 Å². The van der Waals surface area contributed by atoms with Crippen LogP contribution in [-0.2, 0) is 0 Å². The van der Waals surface area contributed by atoms with Crippen LogP contribution in [0, 0.1) is 0 Å². The molecule has 0 bridgehead atoms. The standard InChI is InChI=1S/C12H19N3O/c1-16-12-9-11(5-8-14-12)15-10-3-2-6-13-7-4-10/h5,8-10,13H,2-4,6-7H2,1H3,(H,14,15). The van der Waals surface area contributed by atoms with E-state index in [-0.39, 0.29) is 0 Å². The molecular weight excluding hydrogens is 202 g/mol. The number of aromatic nitrogens is 1. The van der Waals surface area contributed by atoms with Gasteiger partial charge in [-0.2, -0.15) is 0 Å². The zero-order chi connectivity index (χ0) is 11.2. The first-order valence-corrected chi connectivity index (χ1v) is 5.86. The van der Waals surface area contributed by atoms with Crippen molar-refractivity contribution in [1.29, 1.82) is 0 Å². The molecular formula is C12H19N3O. The number of pyridine rings is 1. The number of rotatable bonds is 3. The van der Waals surface area contributed by atoms with E-state index in [1.54, 1.807) is 13.3 Å². The van der Waals surface area contributed by atoms with Crippen molar-refractivity contribution in [3.63, 3.8) is 0 Å². The fraction of sp³-hybridized carbons (Fsp3) is 0.583. The summed E-state index contributed by atoms with van der Waals surface area (Å²) in [5, 5.41) is 6.94. The van der Waals surface area contributed by atoms with Crippen LogP contribution in [0.2, 0.25) is 0 Å². The van der Waals surface area contributed by atoms with Crippen molar-refractivity contribution in [2.75, 3.05) is 25.5 Å². The molecule has 4 nitrogen and oxygen atoms in total. The van der Waals surface area contributed by atoms with Gasteiger partial charge >= 0.3 is 0 Å². The number of hydrogen-bond acceptors (Lipinski definition) is 4. The van der Waals surface area contributed by atoms with Crippen molar-refractivity contribution in [3.05, 3.63) is 18.3 Å². The molecule has 1 fully saturated rings. The highest BCUT2D eigenvalue weighted by molar-refractivity contribution is 5.45. The Kier molecular flexibility index (Phi) is 3.99. The summed E-state index contributed by atoms with van der Waals surface area (Å²) in [6.07, 6.45) is 5.40. The van der Waals surface area contributed by atoms with Gasteiger partial charge in [-0.05, 0) is 38.4 Å². The highest BCUT2D eigenvalue weighted by Crippen LogP contribution is 2.17. The maximum Gasteiger partial charge on any atom is 0.214 e. The average molecular weight is 221 g/mol. The molecule has 1 aliphatic heterocycles. The largest absolute Gasteiger partial charge is 0.481 e. The molecule has 88 valence electrons. The van der Waals surface area contributed by atoms with Crippen LogP contribution in [0.15, 0.2) is 18.3 Å². The van der Waals surface area contributed by atoms with Crippen LogP contribution in [0.5, 0.6) is 5.88 Å². The van der Waals surface area contributed by atoms with Crippen molar-refractivity contribution >= 4 is 5.69 Å². The Morgan fingerprint density at radius 2 is 2.38 bits per heavy atom. The molecule has 0 amide bonds. The molecule has 0 aliphatic carbocycles. The molecule has 0 spiro atoms. The Hall–Kier alpha value is -1.29. The summed E-state index contributed by atoms with van der Waals surface area (Å²) in [5.41, 5.74) is 1.10. The maximum atomic E-state index is 5.11. The summed E-state index contributed by atoms with van der Waals surface area (Å²) in [4.78, 5) is 4.09.